The van der Waals surface area contributed by atoms with Crippen LogP contribution in [0.3, 0.4) is 0 Å². The molecule has 0 unspecified atom stereocenters. The summed E-state index contributed by atoms with van der Waals surface area (Å²) in [5.41, 5.74) is 1.89. The van der Waals surface area contributed by atoms with Crippen LogP contribution in [-0.2, 0) is 9.59 Å². The Bertz CT molecular complexity index is 798. The fourth-order valence-electron chi connectivity index (χ4n) is 3.09. The smallest absolute Gasteiger partial charge is 0.238 e. The molecule has 2 amide bonds. The Kier molecular flexibility index (Phi) is 9.22. The van der Waals surface area contributed by atoms with Crippen molar-refractivity contribution in [2.45, 2.75) is 43.7 Å². The lowest BCUT2D eigenvalue weighted by molar-refractivity contribution is -0.127. The molecule has 5 nitrogen and oxygen atoms in total. The molecule has 6 heteroatoms. The summed E-state index contributed by atoms with van der Waals surface area (Å²) in [5.74, 6) is -0.214. The number of nitrogens with zero attached hydrogens (tertiary/aromatic N) is 1. The fraction of sp³-hybridized carbons (Fsp3) is 0.391. The molecule has 0 bridgehead atoms. The lowest BCUT2D eigenvalue weighted by Gasteiger charge is -2.26. The summed E-state index contributed by atoms with van der Waals surface area (Å²) in [6.07, 6.45) is 3.82. The van der Waals surface area contributed by atoms with E-state index in [2.05, 4.69) is 17.6 Å². The van der Waals surface area contributed by atoms with Crippen LogP contribution in [0.1, 0.15) is 38.3 Å². The van der Waals surface area contributed by atoms with Crippen molar-refractivity contribution in [3.8, 4) is 0 Å². The van der Waals surface area contributed by atoms with E-state index in [0.29, 0.717) is 0 Å². The second kappa shape index (κ2) is 11.6. The van der Waals surface area contributed by atoms with Crippen LogP contribution < -0.4 is 10.6 Å². The average molecular weight is 414 g/mol. The van der Waals surface area contributed by atoms with Crippen molar-refractivity contribution in [2.24, 2.45) is 0 Å². The normalized spacial score (nSPS) is 13.0. The molecular weight excluding hydrogens is 382 g/mol. The molecule has 0 spiro atoms. The van der Waals surface area contributed by atoms with Gasteiger partial charge in [0.1, 0.15) is 0 Å². The summed E-state index contributed by atoms with van der Waals surface area (Å²) in [6.45, 7) is 4.07. The number of benzene rings is 2. The van der Waals surface area contributed by atoms with Gasteiger partial charge in [-0.1, -0.05) is 55.8 Å². The van der Waals surface area contributed by atoms with E-state index in [1.165, 1.54) is 0 Å². The van der Waals surface area contributed by atoms with Gasteiger partial charge in [0.2, 0.25) is 11.8 Å². The van der Waals surface area contributed by atoms with Gasteiger partial charge in [-0.15, -0.1) is 11.8 Å². The number of para-hydroxylation sites is 1. The highest BCUT2D eigenvalue weighted by Crippen LogP contribution is 2.24. The highest BCUT2D eigenvalue weighted by Gasteiger charge is 2.23. The lowest BCUT2D eigenvalue weighted by atomic mass is 10.0. The highest BCUT2D eigenvalue weighted by atomic mass is 32.2. The standard InChI is InChI=1S/C23H31N3O2S/c1-5-11-19(18-12-7-6-8-13-18)25-23(28)17(2)26(3)16-22(27)24-20-14-9-10-15-21(20)29-4/h6-10,12-15,17,19H,5,11,16H2,1-4H3,(H,24,27)(H,25,28)/t17-,19-/m0/s1. The molecule has 0 aliphatic carbocycles. The molecule has 29 heavy (non-hydrogen) atoms. The molecule has 0 aliphatic rings. The van der Waals surface area contributed by atoms with Gasteiger partial charge < -0.3 is 10.6 Å². The molecule has 0 saturated carbocycles. The average Bonchev–Trinajstić information content (AvgIpc) is 2.73. The third-order valence-corrected chi connectivity index (χ3v) is 5.71. The van der Waals surface area contributed by atoms with Crippen molar-refractivity contribution in [1.29, 1.82) is 0 Å². The van der Waals surface area contributed by atoms with Crippen molar-refractivity contribution in [1.82, 2.24) is 10.2 Å². The van der Waals surface area contributed by atoms with Crippen molar-refractivity contribution in [3.05, 3.63) is 60.2 Å². The predicted octanol–water partition coefficient (Wildman–Crippen LogP) is 4.32. The molecule has 0 saturated heterocycles. The minimum Gasteiger partial charge on any atom is -0.348 e. The first-order chi connectivity index (χ1) is 14.0. The van der Waals surface area contributed by atoms with Gasteiger partial charge in [0.15, 0.2) is 0 Å². The van der Waals surface area contributed by atoms with Crippen molar-refractivity contribution in [3.63, 3.8) is 0 Å². The molecule has 156 valence electrons. The van der Waals surface area contributed by atoms with Crippen LogP contribution in [-0.4, -0.2) is 42.6 Å². The summed E-state index contributed by atoms with van der Waals surface area (Å²) < 4.78 is 0. The van der Waals surface area contributed by atoms with Crippen molar-refractivity contribution in [2.75, 3.05) is 25.2 Å². The van der Waals surface area contributed by atoms with E-state index >= 15 is 0 Å². The fourth-order valence-corrected chi connectivity index (χ4v) is 3.64. The maximum absolute atomic E-state index is 12.8. The zero-order valence-corrected chi connectivity index (χ0v) is 18.5. The minimum atomic E-state index is -0.417. The lowest BCUT2D eigenvalue weighted by Crippen LogP contribution is -2.46. The zero-order chi connectivity index (χ0) is 21.2. The molecule has 0 aliphatic heterocycles. The van der Waals surface area contributed by atoms with E-state index in [9.17, 15) is 9.59 Å². The first-order valence-electron chi connectivity index (χ1n) is 9.94. The van der Waals surface area contributed by atoms with Crippen LogP contribution in [0.5, 0.6) is 0 Å². The number of carbonyl (C=O) groups excluding carboxylic acids is 2. The maximum atomic E-state index is 12.8. The largest absolute Gasteiger partial charge is 0.348 e. The number of amides is 2. The van der Waals surface area contributed by atoms with Gasteiger partial charge in [0.05, 0.1) is 24.3 Å². The molecule has 0 heterocycles. The van der Waals surface area contributed by atoms with Gasteiger partial charge in [0, 0.05) is 4.90 Å². The van der Waals surface area contributed by atoms with Crippen molar-refractivity contribution < 1.29 is 9.59 Å². The molecule has 0 radical (unpaired) electrons. The monoisotopic (exact) mass is 413 g/mol. The van der Waals surface area contributed by atoms with Crippen LogP contribution in [0.4, 0.5) is 5.69 Å². The van der Waals surface area contributed by atoms with E-state index in [0.717, 1.165) is 29.0 Å². The Balaban J connectivity index is 1.94. The first kappa shape index (κ1) is 23.0. The van der Waals surface area contributed by atoms with Crippen LogP contribution in [0, 0.1) is 0 Å². The molecule has 2 N–H and O–H groups in total. The third kappa shape index (κ3) is 6.91. The van der Waals surface area contributed by atoms with E-state index in [4.69, 9.17) is 0 Å². The Morgan fingerprint density at radius 2 is 1.72 bits per heavy atom. The van der Waals surface area contributed by atoms with E-state index in [1.807, 2.05) is 67.8 Å². The number of likely N-dealkylation sites (N-methyl/N-ethyl adjacent to an activating group) is 1. The number of hydrogen-bond donors (Lipinski definition) is 2. The Morgan fingerprint density at radius 3 is 2.38 bits per heavy atom. The molecule has 0 fully saturated rings. The molecule has 2 aromatic rings. The number of hydrogen-bond acceptors (Lipinski definition) is 4. The van der Waals surface area contributed by atoms with Gasteiger partial charge in [-0.3, -0.25) is 14.5 Å². The maximum Gasteiger partial charge on any atom is 0.238 e. The topological polar surface area (TPSA) is 61.4 Å². The summed E-state index contributed by atoms with van der Waals surface area (Å²) in [5, 5.41) is 6.08. The highest BCUT2D eigenvalue weighted by molar-refractivity contribution is 7.98. The van der Waals surface area contributed by atoms with Crippen LogP contribution in [0.2, 0.25) is 0 Å². The Labute approximate surface area is 178 Å². The Morgan fingerprint density at radius 1 is 1.07 bits per heavy atom. The molecular formula is C23H31N3O2S. The van der Waals surface area contributed by atoms with E-state index in [1.54, 1.807) is 23.7 Å². The summed E-state index contributed by atoms with van der Waals surface area (Å²) in [6, 6.07) is 17.3. The number of anilines is 1. The van der Waals surface area contributed by atoms with Gasteiger partial charge in [-0.2, -0.15) is 0 Å². The quantitative estimate of drug-likeness (QED) is 0.569. The van der Waals surface area contributed by atoms with Gasteiger partial charge in [0.25, 0.3) is 0 Å². The minimum absolute atomic E-state index is 0.0215. The number of thioether (sulfide) groups is 1. The van der Waals surface area contributed by atoms with Crippen LogP contribution in [0.15, 0.2) is 59.5 Å². The third-order valence-electron chi connectivity index (χ3n) is 4.91. The number of carbonyl (C=O) groups is 2. The van der Waals surface area contributed by atoms with Gasteiger partial charge in [-0.05, 0) is 44.3 Å². The van der Waals surface area contributed by atoms with Crippen LogP contribution in [0.25, 0.3) is 0 Å². The van der Waals surface area contributed by atoms with E-state index < -0.39 is 6.04 Å². The molecule has 2 aromatic carbocycles. The zero-order valence-electron chi connectivity index (χ0n) is 17.6. The van der Waals surface area contributed by atoms with Crippen molar-refractivity contribution >= 4 is 29.3 Å². The number of rotatable bonds is 10. The summed E-state index contributed by atoms with van der Waals surface area (Å²) in [7, 11) is 1.79. The first-order valence-corrected chi connectivity index (χ1v) is 11.2. The summed E-state index contributed by atoms with van der Waals surface area (Å²) in [4.78, 5) is 28.0. The van der Waals surface area contributed by atoms with Crippen LogP contribution >= 0.6 is 11.8 Å². The SMILES string of the molecule is CCC[C@H](NC(=O)[C@H](C)N(C)CC(=O)Nc1ccccc1SC)c1ccccc1. The Hall–Kier alpha value is -2.31. The number of nitrogens with one attached hydrogen (secondary N) is 2. The van der Waals surface area contributed by atoms with Gasteiger partial charge >= 0.3 is 0 Å². The second-order valence-electron chi connectivity index (χ2n) is 7.10. The molecule has 0 aromatic heterocycles. The van der Waals surface area contributed by atoms with E-state index in [-0.39, 0.29) is 24.4 Å². The second-order valence-corrected chi connectivity index (χ2v) is 7.95. The molecule has 2 atom stereocenters. The molecule has 2 rings (SSSR count). The van der Waals surface area contributed by atoms with Gasteiger partial charge in [-0.25, -0.2) is 0 Å². The predicted molar refractivity (Wildman–Crippen MR) is 121 cm³/mol. The summed E-state index contributed by atoms with van der Waals surface area (Å²) >= 11 is 1.58.